The fourth-order valence-electron chi connectivity index (χ4n) is 3.24. The van der Waals surface area contributed by atoms with Crippen LogP contribution >= 0.6 is 11.8 Å². The van der Waals surface area contributed by atoms with Crippen LogP contribution in [0.25, 0.3) is 10.8 Å². The molecule has 106 valence electrons. The molecule has 0 aliphatic heterocycles. The van der Waals surface area contributed by atoms with Crippen LogP contribution in [0.15, 0.2) is 35.1 Å². The van der Waals surface area contributed by atoms with E-state index < -0.39 is 0 Å². The fourth-order valence-corrected chi connectivity index (χ4v) is 4.06. The SMILES string of the molecule is CSC1CCCC(n2c(N)cc3ccccc3c2=O)C1. The number of nitrogens with zero attached hydrogens (tertiary/aromatic N) is 1. The molecule has 0 spiro atoms. The molecule has 4 heteroatoms. The molecule has 3 nitrogen and oxygen atoms in total. The van der Waals surface area contributed by atoms with Crippen LogP contribution in [0, 0.1) is 0 Å². The van der Waals surface area contributed by atoms with Gasteiger partial charge in [0.1, 0.15) is 5.82 Å². The van der Waals surface area contributed by atoms with Gasteiger partial charge in [-0.3, -0.25) is 9.36 Å². The van der Waals surface area contributed by atoms with E-state index in [1.165, 1.54) is 12.8 Å². The predicted molar refractivity (Wildman–Crippen MR) is 87.4 cm³/mol. The highest BCUT2D eigenvalue weighted by Crippen LogP contribution is 2.34. The molecular weight excluding hydrogens is 268 g/mol. The zero-order chi connectivity index (χ0) is 14.1. The largest absolute Gasteiger partial charge is 0.385 e. The minimum atomic E-state index is 0.0624. The van der Waals surface area contributed by atoms with Crippen molar-refractivity contribution in [2.75, 3.05) is 12.0 Å². The Hall–Kier alpha value is -1.42. The second-order valence-corrected chi connectivity index (χ2v) is 6.65. The summed E-state index contributed by atoms with van der Waals surface area (Å²) in [5.41, 5.74) is 6.22. The van der Waals surface area contributed by atoms with Crippen molar-refractivity contribution >= 4 is 28.4 Å². The third-order valence-electron chi connectivity index (χ3n) is 4.29. The number of nitrogens with two attached hydrogens (primary N) is 1. The standard InChI is InChI=1S/C16H20N2OS/c1-20-13-7-4-6-12(10-13)18-15(17)9-11-5-2-3-8-14(11)16(18)19/h2-3,5,8-9,12-13H,4,6-7,10,17H2,1H3. The summed E-state index contributed by atoms with van der Waals surface area (Å²) in [6.07, 6.45) is 6.68. The van der Waals surface area contributed by atoms with E-state index in [1.807, 2.05) is 46.7 Å². The summed E-state index contributed by atoms with van der Waals surface area (Å²) in [5.74, 6) is 0.598. The van der Waals surface area contributed by atoms with Crippen LogP contribution in [0.2, 0.25) is 0 Å². The molecular formula is C16H20N2OS. The maximum Gasteiger partial charge on any atom is 0.260 e. The van der Waals surface area contributed by atoms with E-state index in [1.54, 1.807) is 0 Å². The number of thioether (sulfide) groups is 1. The van der Waals surface area contributed by atoms with E-state index in [-0.39, 0.29) is 11.6 Å². The van der Waals surface area contributed by atoms with Gasteiger partial charge >= 0.3 is 0 Å². The molecule has 2 unspecified atom stereocenters. The lowest BCUT2D eigenvalue weighted by Crippen LogP contribution is -2.31. The van der Waals surface area contributed by atoms with Crippen molar-refractivity contribution < 1.29 is 0 Å². The first-order valence-corrected chi connectivity index (χ1v) is 8.42. The normalized spacial score (nSPS) is 23.1. The summed E-state index contributed by atoms with van der Waals surface area (Å²) in [7, 11) is 0. The molecule has 0 amide bonds. The first kappa shape index (κ1) is 13.6. The molecule has 1 saturated carbocycles. The predicted octanol–water partition coefficient (Wildman–Crippen LogP) is 3.43. The molecule has 2 N–H and O–H groups in total. The summed E-state index contributed by atoms with van der Waals surface area (Å²) in [6.45, 7) is 0. The molecule has 1 aliphatic carbocycles. The van der Waals surface area contributed by atoms with E-state index >= 15 is 0 Å². The molecule has 20 heavy (non-hydrogen) atoms. The van der Waals surface area contributed by atoms with Crippen LogP contribution in [0.3, 0.4) is 0 Å². The van der Waals surface area contributed by atoms with E-state index in [9.17, 15) is 4.79 Å². The lowest BCUT2D eigenvalue weighted by molar-refractivity contribution is 0.358. The molecule has 2 aromatic rings. The van der Waals surface area contributed by atoms with Crippen molar-refractivity contribution in [2.45, 2.75) is 37.0 Å². The lowest BCUT2D eigenvalue weighted by atomic mass is 9.94. The molecule has 3 rings (SSSR count). The van der Waals surface area contributed by atoms with E-state index in [0.717, 1.165) is 23.6 Å². The van der Waals surface area contributed by atoms with Crippen LogP contribution in [0.5, 0.6) is 0 Å². The van der Waals surface area contributed by atoms with Crippen LogP contribution in [0.4, 0.5) is 5.82 Å². The molecule has 2 atom stereocenters. The van der Waals surface area contributed by atoms with Crippen molar-refractivity contribution in [3.63, 3.8) is 0 Å². The Labute approximate surface area is 123 Å². The highest BCUT2D eigenvalue weighted by Gasteiger charge is 2.25. The number of anilines is 1. The Balaban J connectivity index is 2.09. The first-order valence-electron chi connectivity index (χ1n) is 7.13. The van der Waals surface area contributed by atoms with Crippen LogP contribution < -0.4 is 11.3 Å². The van der Waals surface area contributed by atoms with Crippen LogP contribution in [-0.4, -0.2) is 16.1 Å². The van der Waals surface area contributed by atoms with E-state index in [4.69, 9.17) is 5.73 Å². The van der Waals surface area contributed by atoms with Gasteiger partial charge in [0.25, 0.3) is 5.56 Å². The number of hydrogen-bond donors (Lipinski definition) is 1. The van der Waals surface area contributed by atoms with Gasteiger partial charge in [-0.05, 0) is 43.0 Å². The molecule has 0 bridgehead atoms. The van der Waals surface area contributed by atoms with Crippen molar-refractivity contribution in [1.82, 2.24) is 4.57 Å². The van der Waals surface area contributed by atoms with Gasteiger partial charge in [-0.15, -0.1) is 0 Å². The lowest BCUT2D eigenvalue weighted by Gasteiger charge is -2.30. The molecule has 0 saturated heterocycles. The van der Waals surface area contributed by atoms with Gasteiger partial charge < -0.3 is 5.73 Å². The second kappa shape index (κ2) is 5.52. The maximum absolute atomic E-state index is 12.7. The number of hydrogen-bond acceptors (Lipinski definition) is 3. The van der Waals surface area contributed by atoms with Crippen molar-refractivity contribution in [3.05, 3.63) is 40.7 Å². The fraction of sp³-hybridized carbons (Fsp3) is 0.438. The topological polar surface area (TPSA) is 48.0 Å². The maximum atomic E-state index is 12.7. The van der Waals surface area contributed by atoms with Crippen molar-refractivity contribution in [2.24, 2.45) is 0 Å². The highest BCUT2D eigenvalue weighted by molar-refractivity contribution is 7.99. The Morgan fingerprint density at radius 2 is 2.10 bits per heavy atom. The molecule has 1 aromatic heterocycles. The molecule has 1 fully saturated rings. The first-order chi connectivity index (χ1) is 9.70. The van der Waals surface area contributed by atoms with E-state index in [0.29, 0.717) is 11.1 Å². The number of rotatable bonds is 2. The Morgan fingerprint density at radius 3 is 2.90 bits per heavy atom. The van der Waals surface area contributed by atoms with Crippen molar-refractivity contribution in [1.29, 1.82) is 0 Å². The number of pyridine rings is 1. The zero-order valence-electron chi connectivity index (χ0n) is 11.7. The Kier molecular flexibility index (Phi) is 3.74. The minimum Gasteiger partial charge on any atom is -0.385 e. The quantitative estimate of drug-likeness (QED) is 0.921. The van der Waals surface area contributed by atoms with Gasteiger partial charge in [0.15, 0.2) is 0 Å². The number of benzene rings is 1. The Morgan fingerprint density at radius 1 is 1.30 bits per heavy atom. The monoisotopic (exact) mass is 288 g/mol. The summed E-state index contributed by atoms with van der Waals surface area (Å²) in [4.78, 5) is 12.7. The van der Waals surface area contributed by atoms with Gasteiger partial charge in [0.05, 0.1) is 0 Å². The van der Waals surface area contributed by atoms with Gasteiger partial charge in [-0.1, -0.05) is 24.6 Å². The van der Waals surface area contributed by atoms with Gasteiger partial charge in [-0.2, -0.15) is 11.8 Å². The summed E-state index contributed by atoms with van der Waals surface area (Å²) < 4.78 is 1.82. The molecule has 1 aromatic carbocycles. The molecule has 1 aliphatic rings. The number of fused-ring (bicyclic) bond motifs is 1. The third-order valence-corrected chi connectivity index (χ3v) is 5.38. The summed E-state index contributed by atoms with van der Waals surface area (Å²) in [6, 6.07) is 9.87. The average molecular weight is 288 g/mol. The van der Waals surface area contributed by atoms with Gasteiger partial charge in [-0.25, -0.2) is 0 Å². The zero-order valence-corrected chi connectivity index (χ0v) is 12.5. The summed E-state index contributed by atoms with van der Waals surface area (Å²) in [5, 5.41) is 2.35. The van der Waals surface area contributed by atoms with Gasteiger partial charge in [0.2, 0.25) is 0 Å². The highest BCUT2D eigenvalue weighted by atomic mass is 32.2. The van der Waals surface area contributed by atoms with Crippen LogP contribution in [0.1, 0.15) is 31.7 Å². The number of aromatic nitrogens is 1. The van der Waals surface area contributed by atoms with Crippen molar-refractivity contribution in [3.8, 4) is 0 Å². The number of nitrogen functional groups attached to an aromatic ring is 1. The average Bonchev–Trinajstić information content (AvgIpc) is 2.47. The van der Waals surface area contributed by atoms with Gasteiger partial charge in [0, 0.05) is 16.7 Å². The van der Waals surface area contributed by atoms with Crippen LogP contribution in [-0.2, 0) is 0 Å². The smallest absolute Gasteiger partial charge is 0.260 e. The second-order valence-electron chi connectivity index (χ2n) is 5.51. The Bertz CT molecular complexity index is 680. The minimum absolute atomic E-state index is 0.0624. The third kappa shape index (κ3) is 2.33. The van der Waals surface area contributed by atoms with E-state index in [2.05, 4.69) is 6.26 Å². The molecule has 1 heterocycles. The summed E-state index contributed by atoms with van der Waals surface area (Å²) >= 11 is 1.90. The molecule has 0 radical (unpaired) electrons.